The van der Waals surface area contributed by atoms with Crippen LogP contribution in [0.2, 0.25) is 0 Å². The molecule has 0 fully saturated rings. The van der Waals surface area contributed by atoms with Crippen molar-refractivity contribution in [1.82, 2.24) is 0 Å². The molecule has 0 heterocycles. The molecule has 0 amide bonds. The van der Waals surface area contributed by atoms with Gasteiger partial charge in [0.1, 0.15) is 5.75 Å². The number of hydrogen-bond acceptors (Lipinski definition) is 2. The molecule has 0 aliphatic heterocycles. The summed E-state index contributed by atoms with van der Waals surface area (Å²) in [7, 11) is 0. The Kier molecular flexibility index (Phi) is 3.54. The van der Waals surface area contributed by atoms with Crippen LogP contribution >= 0.6 is 12.2 Å². The summed E-state index contributed by atoms with van der Waals surface area (Å²) in [5.41, 5.74) is 1.61. The molecule has 0 spiro atoms. The highest BCUT2D eigenvalue weighted by molar-refractivity contribution is 7.80. The number of hydrogen-bond donors (Lipinski definition) is 0. The predicted octanol–water partition coefficient (Wildman–Crippen LogP) is 3.42. The van der Waals surface area contributed by atoms with Crippen molar-refractivity contribution < 1.29 is 4.74 Å². The number of rotatable bonds is 2. The van der Waals surface area contributed by atoms with Gasteiger partial charge in [0.05, 0.1) is 0 Å². The Hall–Kier alpha value is -2.11. The van der Waals surface area contributed by atoms with Gasteiger partial charge >= 0.3 is 0 Å². The smallest absolute Gasteiger partial charge is 0.198 e. The van der Waals surface area contributed by atoms with E-state index in [0.29, 0.717) is 5.05 Å². The van der Waals surface area contributed by atoms with Crippen molar-refractivity contribution in [3.8, 4) is 18.1 Å². The zero-order valence-electron chi connectivity index (χ0n) is 9.09. The van der Waals surface area contributed by atoms with Crippen molar-refractivity contribution >= 4 is 17.3 Å². The van der Waals surface area contributed by atoms with E-state index in [1.807, 2.05) is 54.6 Å². The molecule has 17 heavy (non-hydrogen) atoms. The molecule has 0 unspecified atom stereocenters. The van der Waals surface area contributed by atoms with E-state index < -0.39 is 0 Å². The lowest BCUT2D eigenvalue weighted by Gasteiger charge is -2.07. The minimum atomic E-state index is 0.424. The third kappa shape index (κ3) is 2.93. The van der Waals surface area contributed by atoms with Crippen LogP contribution in [0.3, 0.4) is 0 Å². The maximum atomic E-state index is 5.56. The molecule has 0 saturated heterocycles. The SMILES string of the molecule is C#Cc1cccc(C(=S)Oc2ccccc2)c1. The molecule has 2 aromatic rings. The molecule has 0 radical (unpaired) electrons. The number of ether oxygens (including phenoxy) is 1. The molecule has 0 saturated carbocycles. The Morgan fingerprint density at radius 3 is 2.53 bits per heavy atom. The maximum Gasteiger partial charge on any atom is 0.198 e. The topological polar surface area (TPSA) is 9.23 Å². The van der Waals surface area contributed by atoms with E-state index in [2.05, 4.69) is 5.92 Å². The van der Waals surface area contributed by atoms with Gasteiger partial charge in [-0.3, -0.25) is 0 Å². The number of terminal acetylenes is 1. The third-order valence-electron chi connectivity index (χ3n) is 2.22. The van der Waals surface area contributed by atoms with Gasteiger partial charge in [0.25, 0.3) is 0 Å². The third-order valence-corrected chi connectivity index (χ3v) is 2.54. The number of para-hydroxylation sites is 1. The van der Waals surface area contributed by atoms with E-state index in [1.54, 1.807) is 0 Å². The first-order valence-corrected chi connectivity index (χ1v) is 5.54. The zero-order chi connectivity index (χ0) is 12.1. The van der Waals surface area contributed by atoms with Gasteiger partial charge in [-0.2, -0.15) is 0 Å². The summed E-state index contributed by atoms with van der Waals surface area (Å²) in [6.45, 7) is 0. The van der Waals surface area contributed by atoms with Gasteiger partial charge in [-0.25, -0.2) is 0 Å². The standard InChI is InChI=1S/C15H10OS/c1-2-12-7-6-8-13(11-12)15(17)16-14-9-4-3-5-10-14/h1,3-11H. The minimum absolute atomic E-state index is 0.424. The fourth-order valence-corrected chi connectivity index (χ4v) is 1.61. The first-order chi connectivity index (χ1) is 8.29. The highest BCUT2D eigenvalue weighted by Crippen LogP contribution is 2.13. The Labute approximate surface area is 106 Å². The first kappa shape index (κ1) is 11.4. The second-order valence-corrected chi connectivity index (χ2v) is 3.80. The highest BCUT2D eigenvalue weighted by atomic mass is 32.1. The van der Waals surface area contributed by atoms with Crippen LogP contribution < -0.4 is 4.74 Å². The summed E-state index contributed by atoms with van der Waals surface area (Å²) in [6, 6.07) is 16.9. The molecule has 1 nitrogen and oxygen atoms in total. The number of thiocarbonyl (C=S) groups is 1. The van der Waals surface area contributed by atoms with Crippen molar-refractivity contribution in [3.05, 3.63) is 65.7 Å². The summed E-state index contributed by atoms with van der Waals surface area (Å²) in [4.78, 5) is 0. The second kappa shape index (κ2) is 5.29. The lowest BCUT2D eigenvalue weighted by molar-refractivity contribution is 0.566. The molecule has 0 aromatic heterocycles. The van der Waals surface area contributed by atoms with E-state index in [0.717, 1.165) is 16.9 Å². The van der Waals surface area contributed by atoms with Gasteiger partial charge in [-0.15, -0.1) is 6.42 Å². The van der Waals surface area contributed by atoms with Gasteiger partial charge in [0.15, 0.2) is 5.05 Å². The van der Waals surface area contributed by atoms with Gasteiger partial charge in [0.2, 0.25) is 0 Å². The van der Waals surface area contributed by atoms with E-state index in [-0.39, 0.29) is 0 Å². The summed E-state index contributed by atoms with van der Waals surface area (Å²) in [5.74, 6) is 3.30. The van der Waals surface area contributed by atoms with Crippen LogP contribution in [0.5, 0.6) is 5.75 Å². The van der Waals surface area contributed by atoms with Gasteiger partial charge in [-0.1, -0.05) is 36.3 Å². The quantitative estimate of drug-likeness (QED) is 0.585. The molecular formula is C15H10OS. The summed E-state index contributed by atoms with van der Waals surface area (Å²) < 4.78 is 5.56. The van der Waals surface area contributed by atoms with Gasteiger partial charge in [-0.05, 0) is 36.5 Å². The number of benzene rings is 2. The zero-order valence-corrected chi connectivity index (χ0v) is 9.91. The minimum Gasteiger partial charge on any atom is -0.445 e. The van der Waals surface area contributed by atoms with Crippen molar-refractivity contribution in [3.63, 3.8) is 0 Å². The van der Waals surface area contributed by atoms with E-state index >= 15 is 0 Å². The summed E-state index contributed by atoms with van der Waals surface area (Å²) in [6.07, 6.45) is 5.34. The predicted molar refractivity (Wildman–Crippen MR) is 73.1 cm³/mol. The van der Waals surface area contributed by atoms with Crippen LogP contribution in [0.4, 0.5) is 0 Å². The van der Waals surface area contributed by atoms with E-state index in [4.69, 9.17) is 23.4 Å². The fraction of sp³-hybridized carbons (Fsp3) is 0. The second-order valence-electron chi connectivity index (χ2n) is 3.43. The van der Waals surface area contributed by atoms with Gasteiger partial charge < -0.3 is 4.74 Å². The van der Waals surface area contributed by atoms with Crippen LogP contribution in [0.25, 0.3) is 0 Å². The maximum absolute atomic E-state index is 5.56. The van der Waals surface area contributed by atoms with Crippen LogP contribution in [0.15, 0.2) is 54.6 Å². The summed E-state index contributed by atoms with van der Waals surface area (Å²) in [5, 5.41) is 0.424. The lowest BCUT2D eigenvalue weighted by atomic mass is 10.1. The Bertz CT molecular complexity index is 567. The van der Waals surface area contributed by atoms with Crippen LogP contribution in [0.1, 0.15) is 11.1 Å². The molecule has 0 aliphatic rings. The van der Waals surface area contributed by atoms with E-state index in [9.17, 15) is 0 Å². The Morgan fingerprint density at radius 1 is 1.06 bits per heavy atom. The highest BCUT2D eigenvalue weighted by Gasteiger charge is 2.03. The van der Waals surface area contributed by atoms with Crippen LogP contribution in [-0.2, 0) is 0 Å². The molecule has 2 aromatic carbocycles. The average molecular weight is 238 g/mol. The molecule has 0 bridgehead atoms. The van der Waals surface area contributed by atoms with Crippen molar-refractivity contribution in [1.29, 1.82) is 0 Å². The Balaban J connectivity index is 2.18. The first-order valence-electron chi connectivity index (χ1n) is 5.13. The molecule has 2 rings (SSSR count). The van der Waals surface area contributed by atoms with Crippen molar-refractivity contribution in [2.75, 3.05) is 0 Å². The molecule has 0 atom stereocenters. The Morgan fingerprint density at radius 2 is 1.82 bits per heavy atom. The van der Waals surface area contributed by atoms with Crippen molar-refractivity contribution in [2.24, 2.45) is 0 Å². The van der Waals surface area contributed by atoms with Crippen molar-refractivity contribution in [2.45, 2.75) is 0 Å². The lowest BCUT2D eigenvalue weighted by Crippen LogP contribution is -2.06. The van der Waals surface area contributed by atoms with Crippen LogP contribution in [-0.4, -0.2) is 5.05 Å². The molecular weight excluding hydrogens is 228 g/mol. The van der Waals surface area contributed by atoms with E-state index in [1.165, 1.54) is 0 Å². The molecule has 0 aliphatic carbocycles. The van der Waals surface area contributed by atoms with Crippen LogP contribution in [0, 0.1) is 12.3 Å². The summed E-state index contributed by atoms with van der Waals surface area (Å²) >= 11 is 5.22. The molecule has 82 valence electrons. The van der Waals surface area contributed by atoms with Gasteiger partial charge in [0, 0.05) is 11.1 Å². The largest absolute Gasteiger partial charge is 0.445 e. The fourth-order valence-electron chi connectivity index (χ4n) is 1.39. The molecule has 2 heteroatoms. The molecule has 0 N–H and O–H groups in total. The average Bonchev–Trinajstić information content (AvgIpc) is 2.40. The normalized spacial score (nSPS) is 9.35. The monoisotopic (exact) mass is 238 g/mol.